The van der Waals surface area contributed by atoms with E-state index in [1.807, 2.05) is 6.07 Å². The third-order valence-electron chi connectivity index (χ3n) is 2.73. The van der Waals surface area contributed by atoms with Gasteiger partial charge in [0, 0.05) is 11.1 Å². The van der Waals surface area contributed by atoms with Gasteiger partial charge in [-0.25, -0.2) is 4.98 Å². The molecule has 3 aromatic rings. The zero-order chi connectivity index (χ0) is 14.1. The second kappa shape index (κ2) is 5.11. The molecule has 5 nitrogen and oxygen atoms in total. The standard InChI is InChI=1S/C13H8Cl2N4O/c14-9-3-4-11(15)18-12(9)13(20)17-8-2-1-7-6-16-19-10(7)5-8/h1-6H,(H,16,19)(H,17,20). The minimum absolute atomic E-state index is 0.0869. The van der Waals surface area contributed by atoms with Gasteiger partial charge in [-0.05, 0) is 30.3 Å². The van der Waals surface area contributed by atoms with E-state index in [4.69, 9.17) is 23.2 Å². The molecule has 100 valence electrons. The number of carbonyl (C=O) groups is 1. The molecule has 2 heterocycles. The SMILES string of the molecule is O=C(Nc1ccc2cn[nH]c2c1)c1nc(Cl)ccc1Cl. The van der Waals surface area contributed by atoms with Gasteiger partial charge >= 0.3 is 0 Å². The first kappa shape index (κ1) is 12.9. The highest BCUT2D eigenvalue weighted by molar-refractivity contribution is 6.35. The number of nitrogens with zero attached hydrogens (tertiary/aromatic N) is 2. The van der Waals surface area contributed by atoms with Crippen molar-refractivity contribution >= 4 is 45.7 Å². The first-order valence-corrected chi connectivity index (χ1v) is 6.45. The van der Waals surface area contributed by atoms with Crippen molar-refractivity contribution in [3.8, 4) is 0 Å². The average Bonchev–Trinajstić information content (AvgIpc) is 2.89. The van der Waals surface area contributed by atoms with Crippen LogP contribution < -0.4 is 5.32 Å². The molecule has 0 atom stereocenters. The predicted octanol–water partition coefficient (Wildman–Crippen LogP) is 3.52. The summed E-state index contributed by atoms with van der Waals surface area (Å²) in [5, 5.41) is 10.9. The first-order valence-electron chi connectivity index (χ1n) is 5.70. The fraction of sp³-hybridized carbons (Fsp3) is 0. The van der Waals surface area contributed by atoms with Gasteiger partial charge in [0.05, 0.1) is 16.7 Å². The summed E-state index contributed by atoms with van der Waals surface area (Å²) in [4.78, 5) is 16.0. The fourth-order valence-electron chi connectivity index (χ4n) is 1.78. The Bertz CT molecular complexity index is 800. The second-order valence-corrected chi connectivity index (χ2v) is 4.89. The van der Waals surface area contributed by atoms with Crippen molar-refractivity contribution < 1.29 is 4.79 Å². The highest BCUT2D eigenvalue weighted by atomic mass is 35.5. The number of nitrogens with one attached hydrogen (secondary N) is 2. The molecule has 1 aromatic carbocycles. The van der Waals surface area contributed by atoms with E-state index in [0.29, 0.717) is 5.69 Å². The fourth-order valence-corrected chi connectivity index (χ4v) is 2.12. The average molecular weight is 307 g/mol. The van der Waals surface area contributed by atoms with Crippen LogP contribution >= 0.6 is 23.2 Å². The van der Waals surface area contributed by atoms with E-state index in [0.717, 1.165) is 10.9 Å². The third kappa shape index (κ3) is 2.45. The molecule has 0 spiro atoms. The van der Waals surface area contributed by atoms with Gasteiger partial charge in [-0.2, -0.15) is 5.10 Å². The van der Waals surface area contributed by atoms with Crippen LogP contribution in [0.4, 0.5) is 5.69 Å². The van der Waals surface area contributed by atoms with Crippen LogP contribution in [0.15, 0.2) is 36.5 Å². The normalized spacial score (nSPS) is 10.7. The highest BCUT2D eigenvalue weighted by Gasteiger charge is 2.13. The summed E-state index contributed by atoms with van der Waals surface area (Å²) < 4.78 is 0. The number of pyridine rings is 1. The Balaban J connectivity index is 1.89. The maximum absolute atomic E-state index is 12.1. The lowest BCUT2D eigenvalue weighted by Crippen LogP contribution is -2.14. The number of aromatic amines is 1. The molecule has 0 radical (unpaired) electrons. The number of amides is 1. The van der Waals surface area contributed by atoms with Gasteiger partial charge in [0.25, 0.3) is 5.91 Å². The van der Waals surface area contributed by atoms with Crippen molar-refractivity contribution in [1.82, 2.24) is 15.2 Å². The molecule has 1 amide bonds. The van der Waals surface area contributed by atoms with Gasteiger partial charge in [0.1, 0.15) is 10.8 Å². The molecule has 0 saturated heterocycles. The minimum atomic E-state index is -0.420. The molecule has 2 aromatic heterocycles. The molecule has 0 aliphatic rings. The van der Waals surface area contributed by atoms with E-state index in [-0.39, 0.29) is 15.9 Å². The van der Waals surface area contributed by atoms with E-state index < -0.39 is 5.91 Å². The van der Waals surface area contributed by atoms with Crippen LogP contribution in [0.25, 0.3) is 10.9 Å². The quantitative estimate of drug-likeness (QED) is 0.712. The van der Waals surface area contributed by atoms with E-state index in [1.54, 1.807) is 18.3 Å². The van der Waals surface area contributed by atoms with Crippen LogP contribution in [0.3, 0.4) is 0 Å². The molecular formula is C13H8Cl2N4O. The van der Waals surface area contributed by atoms with Crippen molar-refractivity contribution in [1.29, 1.82) is 0 Å². The number of hydrogen-bond donors (Lipinski definition) is 2. The molecule has 20 heavy (non-hydrogen) atoms. The van der Waals surface area contributed by atoms with Crippen molar-refractivity contribution in [3.63, 3.8) is 0 Å². The predicted molar refractivity (Wildman–Crippen MR) is 78.3 cm³/mol. The first-order chi connectivity index (χ1) is 9.63. The minimum Gasteiger partial charge on any atom is -0.321 e. The van der Waals surface area contributed by atoms with Crippen molar-refractivity contribution in [2.75, 3.05) is 5.32 Å². The molecule has 0 bridgehead atoms. The van der Waals surface area contributed by atoms with Gasteiger partial charge in [-0.3, -0.25) is 9.89 Å². The molecule has 2 N–H and O–H groups in total. The monoisotopic (exact) mass is 306 g/mol. The number of halogens is 2. The van der Waals surface area contributed by atoms with Crippen molar-refractivity contribution in [2.45, 2.75) is 0 Å². The van der Waals surface area contributed by atoms with Gasteiger partial charge in [0.2, 0.25) is 0 Å². The summed E-state index contributed by atoms with van der Waals surface area (Å²) in [6, 6.07) is 8.45. The maximum atomic E-state index is 12.1. The number of H-pyrrole nitrogens is 1. The summed E-state index contributed by atoms with van der Waals surface area (Å²) in [5.41, 5.74) is 1.53. The number of rotatable bonds is 2. The van der Waals surface area contributed by atoms with E-state index in [2.05, 4.69) is 20.5 Å². The van der Waals surface area contributed by atoms with Crippen molar-refractivity contribution in [3.05, 3.63) is 52.4 Å². The van der Waals surface area contributed by atoms with Crippen LogP contribution in [0.5, 0.6) is 0 Å². The summed E-state index contributed by atoms with van der Waals surface area (Å²) in [6.45, 7) is 0. The molecule has 0 fully saturated rings. The molecule has 7 heteroatoms. The smallest absolute Gasteiger partial charge is 0.275 e. The Hall–Kier alpha value is -2.11. The number of fused-ring (bicyclic) bond motifs is 1. The Kier molecular flexibility index (Phi) is 3.30. The Labute approximate surface area is 123 Å². The zero-order valence-electron chi connectivity index (χ0n) is 10.0. The third-order valence-corrected chi connectivity index (χ3v) is 3.24. The number of hydrogen-bond acceptors (Lipinski definition) is 3. The van der Waals surface area contributed by atoms with E-state index >= 15 is 0 Å². The lowest BCUT2D eigenvalue weighted by molar-refractivity contribution is 0.102. The number of anilines is 1. The van der Waals surface area contributed by atoms with Gasteiger partial charge < -0.3 is 5.32 Å². The van der Waals surface area contributed by atoms with Gasteiger partial charge in [-0.1, -0.05) is 23.2 Å². The summed E-state index contributed by atoms with van der Waals surface area (Å²) in [6.07, 6.45) is 1.70. The Morgan fingerprint density at radius 3 is 2.90 bits per heavy atom. The number of aromatic nitrogens is 3. The lowest BCUT2D eigenvalue weighted by Gasteiger charge is -2.06. The van der Waals surface area contributed by atoms with E-state index in [9.17, 15) is 4.79 Å². The molecule has 0 aliphatic carbocycles. The summed E-state index contributed by atoms with van der Waals surface area (Å²) in [5.74, 6) is -0.420. The summed E-state index contributed by atoms with van der Waals surface area (Å²) in [7, 11) is 0. The second-order valence-electron chi connectivity index (χ2n) is 4.09. The van der Waals surface area contributed by atoms with Crippen LogP contribution in [0, 0.1) is 0 Å². The molecule has 0 aliphatic heterocycles. The van der Waals surface area contributed by atoms with Crippen LogP contribution in [-0.2, 0) is 0 Å². The van der Waals surface area contributed by atoms with Crippen LogP contribution in [-0.4, -0.2) is 21.1 Å². The summed E-state index contributed by atoms with van der Waals surface area (Å²) >= 11 is 11.7. The largest absolute Gasteiger partial charge is 0.321 e. The van der Waals surface area contributed by atoms with Crippen molar-refractivity contribution in [2.24, 2.45) is 0 Å². The lowest BCUT2D eigenvalue weighted by atomic mass is 10.2. The van der Waals surface area contributed by atoms with Gasteiger partial charge in [-0.15, -0.1) is 0 Å². The Morgan fingerprint density at radius 1 is 1.20 bits per heavy atom. The van der Waals surface area contributed by atoms with E-state index in [1.165, 1.54) is 12.1 Å². The Morgan fingerprint density at radius 2 is 2.05 bits per heavy atom. The van der Waals surface area contributed by atoms with Crippen LogP contribution in [0.1, 0.15) is 10.5 Å². The topological polar surface area (TPSA) is 70.7 Å². The maximum Gasteiger partial charge on any atom is 0.275 e. The molecular weight excluding hydrogens is 299 g/mol. The number of carbonyl (C=O) groups excluding carboxylic acids is 1. The van der Waals surface area contributed by atoms with Gasteiger partial charge in [0.15, 0.2) is 0 Å². The molecule has 0 saturated carbocycles. The molecule has 0 unspecified atom stereocenters. The highest BCUT2D eigenvalue weighted by Crippen LogP contribution is 2.20. The number of benzene rings is 1. The molecule has 3 rings (SSSR count). The van der Waals surface area contributed by atoms with Crippen LogP contribution in [0.2, 0.25) is 10.2 Å². The zero-order valence-corrected chi connectivity index (χ0v) is 11.5.